The first-order valence-electron chi connectivity index (χ1n) is 5.50. The van der Waals surface area contributed by atoms with Crippen molar-refractivity contribution in [2.75, 3.05) is 26.2 Å². The molecule has 3 nitrogen and oxygen atoms in total. The highest BCUT2D eigenvalue weighted by atomic mass is 35.5. The van der Waals surface area contributed by atoms with E-state index in [1.54, 1.807) is 6.07 Å². The van der Waals surface area contributed by atoms with Gasteiger partial charge in [0, 0.05) is 19.6 Å². The average molecular weight is 260 g/mol. The summed E-state index contributed by atoms with van der Waals surface area (Å²) in [6.07, 6.45) is 1.16. The van der Waals surface area contributed by atoms with E-state index < -0.39 is 0 Å². The molecule has 0 amide bonds. The van der Waals surface area contributed by atoms with E-state index in [0.29, 0.717) is 10.2 Å². The lowest BCUT2D eigenvalue weighted by molar-refractivity contribution is 0.281. The number of pyridine rings is 1. The van der Waals surface area contributed by atoms with E-state index in [2.05, 4.69) is 15.2 Å². The average Bonchev–Trinajstić information content (AvgIpc) is 2.52. The Kier molecular flexibility index (Phi) is 4.41. The second-order valence-electron chi connectivity index (χ2n) is 3.94. The molecule has 2 heterocycles. The smallest absolute Gasteiger partial charge is 0.129 e. The minimum Gasteiger partial charge on any atom is -0.315 e. The lowest BCUT2D eigenvalue weighted by atomic mass is 10.3. The van der Waals surface area contributed by atoms with Gasteiger partial charge in [-0.25, -0.2) is 4.98 Å². The maximum absolute atomic E-state index is 6.09. The van der Waals surface area contributed by atoms with Crippen LogP contribution in [0.25, 0.3) is 0 Å². The molecule has 16 heavy (non-hydrogen) atoms. The molecule has 1 aliphatic heterocycles. The molecule has 1 N–H and O–H groups in total. The molecule has 1 aromatic rings. The molecule has 0 aromatic carbocycles. The predicted molar refractivity (Wildman–Crippen MR) is 67.0 cm³/mol. The van der Waals surface area contributed by atoms with Crippen LogP contribution in [0.3, 0.4) is 0 Å². The summed E-state index contributed by atoms with van der Waals surface area (Å²) in [6.45, 7) is 5.01. The summed E-state index contributed by atoms with van der Waals surface area (Å²) in [4.78, 5) is 6.62. The Morgan fingerprint density at radius 1 is 1.25 bits per heavy atom. The van der Waals surface area contributed by atoms with Gasteiger partial charge in [-0.3, -0.25) is 4.90 Å². The van der Waals surface area contributed by atoms with Crippen LogP contribution in [0.1, 0.15) is 12.1 Å². The van der Waals surface area contributed by atoms with Gasteiger partial charge in [0.05, 0.1) is 10.7 Å². The Labute approximate surface area is 106 Å². The third-order valence-corrected chi connectivity index (χ3v) is 3.25. The first-order chi connectivity index (χ1) is 7.75. The number of halogens is 2. The molecule has 0 aliphatic carbocycles. The molecule has 0 radical (unpaired) electrons. The molecule has 1 fully saturated rings. The Morgan fingerprint density at radius 3 is 3.00 bits per heavy atom. The lowest BCUT2D eigenvalue weighted by Gasteiger charge is -2.19. The van der Waals surface area contributed by atoms with Crippen LogP contribution < -0.4 is 5.32 Å². The van der Waals surface area contributed by atoms with Gasteiger partial charge in [-0.2, -0.15) is 0 Å². The molecule has 1 aliphatic rings. The van der Waals surface area contributed by atoms with Crippen molar-refractivity contribution in [1.82, 2.24) is 15.2 Å². The monoisotopic (exact) mass is 259 g/mol. The van der Waals surface area contributed by atoms with Crippen LogP contribution in [0.4, 0.5) is 0 Å². The van der Waals surface area contributed by atoms with Crippen LogP contribution in [-0.4, -0.2) is 36.1 Å². The molecule has 88 valence electrons. The normalized spacial score (nSPS) is 18.4. The minimum atomic E-state index is 0.507. The zero-order chi connectivity index (χ0) is 11.4. The van der Waals surface area contributed by atoms with Gasteiger partial charge in [0.2, 0.25) is 0 Å². The predicted octanol–water partition coefficient (Wildman–Crippen LogP) is 2.18. The highest BCUT2D eigenvalue weighted by Crippen LogP contribution is 2.18. The SMILES string of the molecule is Clc1ccc(Cl)c(CN2CCCNCC2)n1. The van der Waals surface area contributed by atoms with Crippen molar-refractivity contribution in [2.24, 2.45) is 0 Å². The van der Waals surface area contributed by atoms with Crippen LogP contribution in [-0.2, 0) is 6.54 Å². The van der Waals surface area contributed by atoms with Crippen molar-refractivity contribution in [3.05, 3.63) is 28.0 Å². The van der Waals surface area contributed by atoms with E-state index >= 15 is 0 Å². The van der Waals surface area contributed by atoms with Crippen molar-refractivity contribution in [1.29, 1.82) is 0 Å². The molecule has 0 unspecified atom stereocenters. The van der Waals surface area contributed by atoms with Crippen molar-refractivity contribution in [3.63, 3.8) is 0 Å². The van der Waals surface area contributed by atoms with Crippen LogP contribution in [0.5, 0.6) is 0 Å². The first-order valence-corrected chi connectivity index (χ1v) is 6.25. The second kappa shape index (κ2) is 5.82. The zero-order valence-electron chi connectivity index (χ0n) is 9.05. The molecule has 0 spiro atoms. The number of hydrogen-bond acceptors (Lipinski definition) is 3. The van der Waals surface area contributed by atoms with Gasteiger partial charge in [0.15, 0.2) is 0 Å². The largest absolute Gasteiger partial charge is 0.315 e. The van der Waals surface area contributed by atoms with E-state index in [4.69, 9.17) is 23.2 Å². The number of rotatable bonds is 2. The zero-order valence-corrected chi connectivity index (χ0v) is 10.6. The Balaban J connectivity index is 2.04. The summed E-state index contributed by atoms with van der Waals surface area (Å²) >= 11 is 12.0. The van der Waals surface area contributed by atoms with Crippen LogP contribution in [0.2, 0.25) is 10.2 Å². The molecule has 1 saturated heterocycles. The number of aromatic nitrogens is 1. The summed E-state index contributed by atoms with van der Waals surface area (Å²) in [5.74, 6) is 0. The van der Waals surface area contributed by atoms with E-state index in [-0.39, 0.29) is 0 Å². The Morgan fingerprint density at radius 2 is 2.12 bits per heavy atom. The molecule has 0 atom stereocenters. The third-order valence-electron chi connectivity index (χ3n) is 2.69. The van der Waals surface area contributed by atoms with Gasteiger partial charge in [0.1, 0.15) is 5.15 Å². The topological polar surface area (TPSA) is 28.2 Å². The van der Waals surface area contributed by atoms with E-state index in [1.165, 1.54) is 0 Å². The first kappa shape index (κ1) is 12.1. The Bertz CT molecular complexity index is 349. The molecule has 2 rings (SSSR count). The van der Waals surface area contributed by atoms with Gasteiger partial charge < -0.3 is 5.32 Å². The van der Waals surface area contributed by atoms with Gasteiger partial charge in [-0.15, -0.1) is 0 Å². The Hall–Kier alpha value is -0.350. The van der Waals surface area contributed by atoms with Gasteiger partial charge in [-0.05, 0) is 31.6 Å². The number of nitrogens with one attached hydrogen (secondary N) is 1. The fourth-order valence-corrected chi connectivity index (χ4v) is 2.17. The van der Waals surface area contributed by atoms with Crippen molar-refractivity contribution in [3.8, 4) is 0 Å². The highest BCUT2D eigenvalue weighted by molar-refractivity contribution is 6.32. The van der Waals surface area contributed by atoms with Crippen molar-refractivity contribution < 1.29 is 0 Å². The lowest BCUT2D eigenvalue weighted by Crippen LogP contribution is -2.28. The van der Waals surface area contributed by atoms with E-state index in [9.17, 15) is 0 Å². The maximum atomic E-state index is 6.09. The highest BCUT2D eigenvalue weighted by Gasteiger charge is 2.12. The van der Waals surface area contributed by atoms with Gasteiger partial charge >= 0.3 is 0 Å². The standard InChI is InChI=1S/C11H15Cl2N3/c12-9-2-3-11(13)15-10(9)8-16-6-1-4-14-5-7-16/h2-3,14H,1,4-8H2. The fraction of sp³-hybridized carbons (Fsp3) is 0.545. The number of hydrogen-bond donors (Lipinski definition) is 1. The molecule has 1 aromatic heterocycles. The third kappa shape index (κ3) is 3.32. The number of nitrogens with zero attached hydrogens (tertiary/aromatic N) is 2. The molecule has 5 heteroatoms. The summed E-state index contributed by atoms with van der Waals surface area (Å²) < 4.78 is 0. The van der Waals surface area contributed by atoms with Gasteiger partial charge in [0.25, 0.3) is 0 Å². The maximum Gasteiger partial charge on any atom is 0.129 e. The molecule has 0 bridgehead atoms. The molecular formula is C11H15Cl2N3. The summed E-state index contributed by atoms with van der Waals surface area (Å²) in [6, 6.07) is 3.53. The van der Waals surface area contributed by atoms with Crippen molar-refractivity contribution in [2.45, 2.75) is 13.0 Å². The quantitative estimate of drug-likeness (QED) is 0.826. The van der Waals surface area contributed by atoms with Crippen LogP contribution in [0.15, 0.2) is 12.1 Å². The minimum absolute atomic E-state index is 0.507. The van der Waals surface area contributed by atoms with Crippen molar-refractivity contribution >= 4 is 23.2 Å². The van der Waals surface area contributed by atoms with E-state index in [1.807, 2.05) is 6.07 Å². The molecule has 0 saturated carbocycles. The summed E-state index contributed by atoms with van der Waals surface area (Å²) in [7, 11) is 0. The second-order valence-corrected chi connectivity index (χ2v) is 4.74. The summed E-state index contributed by atoms with van der Waals surface area (Å²) in [5, 5.41) is 4.57. The molecular weight excluding hydrogens is 245 g/mol. The fourth-order valence-electron chi connectivity index (χ4n) is 1.84. The summed E-state index contributed by atoms with van der Waals surface area (Å²) in [5.41, 5.74) is 0.871. The van der Waals surface area contributed by atoms with Crippen LogP contribution >= 0.6 is 23.2 Å². The van der Waals surface area contributed by atoms with Crippen LogP contribution in [0, 0.1) is 0 Å². The van der Waals surface area contributed by atoms with E-state index in [0.717, 1.165) is 44.8 Å². The van der Waals surface area contributed by atoms with Gasteiger partial charge in [-0.1, -0.05) is 23.2 Å².